The number of carbonyl (C=O) groups excluding carboxylic acids is 1. The standard InChI is InChI=1S/C19H29FN2O6.CH2O2/c20-15(18(26)22-10-6-2-1-5-9-21)12-7-3-4-8-14(12)28-19-17(25)16(24)13(23)11-27-19;2-1-3/h3-4,7-8,13,15-17,19,23-25H,1-2,5-6,9-11,21H2,(H,22,26);1H,(H,2,3). The fraction of sp³-hybridized carbons (Fsp3) is 0.600. The summed E-state index contributed by atoms with van der Waals surface area (Å²) < 4.78 is 25.4. The minimum absolute atomic E-state index is 0.0143. The van der Waals surface area contributed by atoms with E-state index in [1.807, 2.05) is 0 Å². The van der Waals surface area contributed by atoms with E-state index in [9.17, 15) is 24.5 Å². The van der Waals surface area contributed by atoms with Crippen molar-refractivity contribution in [2.45, 2.75) is 56.5 Å². The van der Waals surface area contributed by atoms with Crippen LogP contribution in [-0.2, 0) is 14.3 Å². The van der Waals surface area contributed by atoms with Crippen LogP contribution >= 0.6 is 0 Å². The van der Waals surface area contributed by atoms with Crippen LogP contribution in [0.3, 0.4) is 0 Å². The molecule has 1 aliphatic heterocycles. The van der Waals surface area contributed by atoms with Gasteiger partial charge in [0.1, 0.15) is 24.1 Å². The van der Waals surface area contributed by atoms with E-state index >= 15 is 0 Å². The van der Waals surface area contributed by atoms with Crippen molar-refractivity contribution >= 4 is 12.4 Å². The van der Waals surface area contributed by atoms with Gasteiger partial charge >= 0.3 is 0 Å². The third-order valence-electron chi connectivity index (χ3n) is 4.55. The Morgan fingerprint density at radius 1 is 1.23 bits per heavy atom. The number of rotatable bonds is 10. The van der Waals surface area contributed by atoms with Crippen molar-refractivity contribution in [1.29, 1.82) is 0 Å². The Hall–Kier alpha value is -2.31. The van der Waals surface area contributed by atoms with Crippen LogP contribution in [0, 0.1) is 0 Å². The second-order valence-electron chi connectivity index (χ2n) is 6.87. The summed E-state index contributed by atoms with van der Waals surface area (Å²) in [6, 6.07) is 5.99. The molecule has 1 saturated heterocycles. The first-order valence-electron chi connectivity index (χ1n) is 9.98. The van der Waals surface area contributed by atoms with Gasteiger partial charge in [0.15, 0.2) is 0 Å². The van der Waals surface area contributed by atoms with Gasteiger partial charge in [0.2, 0.25) is 12.5 Å². The first-order chi connectivity index (χ1) is 14.9. The fourth-order valence-corrected chi connectivity index (χ4v) is 2.87. The quantitative estimate of drug-likeness (QED) is 0.211. The van der Waals surface area contributed by atoms with Gasteiger partial charge in [0, 0.05) is 12.1 Å². The monoisotopic (exact) mass is 446 g/mol. The molecule has 1 heterocycles. The lowest BCUT2D eigenvalue weighted by atomic mass is 10.1. The highest BCUT2D eigenvalue weighted by atomic mass is 19.1. The summed E-state index contributed by atoms with van der Waals surface area (Å²) in [5.74, 6) is -0.767. The van der Waals surface area contributed by atoms with Crippen molar-refractivity contribution in [3.8, 4) is 5.75 Å². The molecule has 2 rings (SSSR count). The highest BCUT2D eigenvalue weighted by Crippen LogP contribution is 2.30. The third kappa shape index (κ3) is 8.75. The first-order valence-corrected chi connectivity index (χ1v) is 9.98. The van der Waals surface area contributed by atoms with Crippen LogP contribution in [0.15, 0.2) is 24.3 Å². The number of amides is 1. The Kier molecular flexibility index (Phi) is 12.6. The summed E-state index contributed by atoms with van der Waals surface area (Å²) in [6.07, 6.45) is -3.94. The van der Waals surface area contributed by atoms with E-state index in [0.717, 1.165) is 25.7 Å². The van der Waals surface area contributed by atoms with Gasteiger partial charge in [-0.05, 0) is 25.5 Å². The zero-order chi connectivity index (χ0) is 23.2. The number of benzene rings is 1. The third-order valence-corrected chi connectivity index (χ3v) is 4.55. The topological polar surface area (TPSA) is 172 Å². The lowest BCUT2D eigenvalue weighted by molar-refractivity contribution is -0.242. The molecule has 1 aliphatic rings. The highest BCUT2D eigenvalue weighted by molar-refractivity contribution is 5.82. The van der Waals surface area contributed by atoms with Crippen LogP contribution in [-0.4, -0.2) is 77.1 Å². The number of aliphatic hydroxyl groups is 3. The molecule has 5 atom stereocenters. The number of aliphatic hydroxyl groups excluding tert-OH is 3. The zero-order valence-electron chi connectivity index (χ0n) is 17.1. The fourth-order valence-electron chi connectivity index (χ4n) is 2.87. The first kappa shape index (κ1) is 26.7. The molecule has 1 fully saturated rings. The average Bonchev–Trinajstić information content (AvgIpc) is 2.77. The summed E-state index contributed by atoms with van der Waals surface area (Å²) in [5, 5.41) is 38.6. The Labute approximate surface area is 179 Å². The summed E-state index contributed by atoms with van der Waals surface area (Å²) in [7, 11) is 0. The van der Waals surface area contributed by atoms with Crippen LogP contribution in [0.5, 0.6) is 5.75 Å². The molecule has 176 valence electrons. The number of hydrogen-bond donors (Lipinski definition) is 6. The van der Waals surface area contributed by atoms with Crippen LogP contribution in [0.1, 0.15) is 37.4 Å². The van der Waals surface area contributed by atoms with Gasteiger partial charge in [0.25, 0.3) is 12.4 Å². The van der Waals surface area contributed by atoms with E-state index in [1.165, 1.54) is 12.1 Å². The lowest BCUT2D eigenvalue weighted by Gasteiger charge is -2.35. The molecular weight excluding hydrogens is 415 g/mol. The van der Waals surface area contributed by atoms with Crippen molar-refractivity contribution in [3.63, 3.8) is 0 Å². The Balaban J connectivity index is 0.00000151. The minimum Gasteiger partial charge on any atom is -0.483 e. The van der Waals surface area contributed by atoms with Gasteiger partial charge in [-0.15, -0.1) is 0 Å². The molecule has 10 nitrogen and oxygen atoms in total. The van der Waals surface area contributed by atoms with E-state index in [2.05, 4.69) is 5.32 Å². The number of alkyl halides is 1. The SMILES string of the molecule is NCCCCCCNC(=O)C(F)c1ccccc1OC1OCC(O)C(O)C1O.O=CO. The smallest absolute Gasteiger partial charge is 0.290 e. The molecule has 0 aliphatic carbocycles. The van der Waals surface area contributed by atoms with Gasteiger partial charge < -0.3 is 41.0 Å². The molecule has 0 radical (unpaired) electrons. The molecule has 0 bridgehead atoms. The number of hydrogen-bond acceptors (Lipinski definition) is 8. The number of unbranched alkanes of at least 4 members (excludes halogenated alkanes) is 3. The number of para-hydroxylation sites is 1. The molecule has 0 aromatic heterocycles. The normalized spacial score (nSPS) is 23.8. The molecule has 1 amide bonds. The number of carboxylic acid groups (broad SMARTS) is 1. The Morgan fingerprint density at radius 3 is 2.55 bits per heavy atom. The second kappa shape index (κ2) is 14.7. The Morgan fingerprint density at radius 2 is 1.87 bits per heavy atom. The lowest BCUT2D eigenvalue weighted by Crippen LogP contribution is -2.54. The maximum atomic E-state index is 14.7. The predicted molar refractivity (Wildman–Crippen MR) is 108 cm³/mol. The minimum atomic E-state index is -1.96. The van der Waals surface area contributed by atoms with E-state index in [0.29, 0.717) is 13.1 Å². The maximum Gasteiger partial charge on any atom is 0.290 e. The van der Waals surface area contributed by atoms with Gasteiger partial charge in [-0.2, -0.15) is 0 Å². The van der Waals surface area contributed by atoms with E-state index in [1.54, 1.807) is 12.1 Å². The largest absolute Gasteiger partial charge is 0.483 e. The molecule has 0 spiro atoms. The van der Waals surface area contributed by atoms with Gasteiger partial charge in [0.05, 0.1) is 6.61 Å². The Bertz CT molecular complexity index is 666. The van der Waals surface area contributed by atoms with Crippen molar-refractivity contribution < 1.29 is 43.9 Å². The van der Waals surface area contributed by atoms with Gasteiger partial charge in [-0.25, -0.2) is 4.39 Å². The van der Waals surface area contributed by atoms with E-state index in [4.69, 9.17) is 25.1 Å². The average molecular weight is 446 g/mol. The molecule has 31 heavy (non-hydrogen) atoms. The van der Waals surface area contributed by atoms with Crippen LogP contribution in [0.2, 0.25) is 0 Å². The zero-order valence-corrected chi connectivity index (χ0v) is 17.1. The maximum absolute atomic E-state index is 14.7. The van der Waals surface area contributed by atoms with Crippen LogP contribution in [0.25, 0.3) is 0 Å². The molecule has 1 aromatic carbocycles. The summed E-state index contributed by atoms with van der Waals surface area (Å²) in [5.41, 5.74) is 5.40. The number of nitrogens with one attached hydrogen (secondary N) is 1. The van der Waals surface area contributed by atoms with Gasteiger partial charge in [-0.3, -0.25) is 9.59 Å². The number of nitrogens with two attached hydrogens (primary N) is 1. The number of carbonyl (C=O) groups is 2. The second-order valence-corrected chi connectivity index (χ2v) is 6.87. The van der Waals surface area contributed by atoms with Crippen LogP contribution < -0.4 is 15.8 Å². The van der Waals surface area contributed by atoms with Crippen molar-refractivity contribution in [1.82, 2.24) is 5.32 Å². The predicted octanol–water partition coefficient (Wildman–Crippen LogP) is -0.149. The number of ether oxygens (including phenoxy) is 2. The summed E-state index contributed by atoms with van der Waals surface area (Å²) in [4.78, 5) is 20.5. The molecule has 7 N–H and O–H groups in total. The van der Waals surface area contributed by atoms with Crippen LogP contribution in [0.4, 0.5) is 4.39 Å². The van der Waals surface area contributed by atoms with Crippen molar-refractivity contribution in [2.75, 3.05) is 19.7 Å². The highest BCUT2D eigenvalue weighted by Gasteiger charge is 2.39. The molecule has 5 unspecified atom stereocenters. The summed E-state index contributed by atoms with van der Waals surface area (Å²) in [6.45, 7) is 0.501. The molecule has 11 heteroatoms. The van der Waals surface area contributed by atoms with Gasteiger partial charge in [-0.1, -0.05) is 31.0 Å². The molecule has 1 aromatic rings. The van der Waals surface area contributed by atoms with E-state index < -0.39 is 36.7 Å². The molecular formula is C20H31FN2O8. The number of halogens is 1. The molecule has 0 saturated carbocycles. The van der Waals surface area contributed by atoms with Crippen molar-refractivity contribution in [3.05, 3.63) is 29.8 Å². The summed E-state index contributed by atoms with van der Waals surface area (Å²) >= 11 is 0. The van der Waals surface area contributed by atoms with Crippen molar-refractivity contribution in [2.24, 2.45) is 5.73 Å². The van der Waals surface area contributed by atoms with E-state index in [-0.39, 0.29) is 24.4 Å².